The predicted molar refractivity (Wildman–Crippen MR) is 81.9 cm³/mol. The van der Waals surface area contributed by atoms with Crippen molar-refractivity contribution >= 4 is 34.0 Å². The lowest BCUT2D eigenvalue weighted by atomic mass is 9.95. The van der Waals surface area contributed by atoms with Crippen LogP contribution in [0, 0.1) is 11.7 Å². The van der Waals surface area contributed by atoms with Crippen molar-refractivity contribution in [3.8, 4) is 0 Å². The fourth-order valence-corrected chi connectivity index (χ4v) is 4.77. The first kappa shape index (κ1) is 17.0. The van der Waals surface area contributed by atoms with Gasteiger partial charge in [-0.05, 0) is 43.5 Å². The molecular weight excluding hydrogens is 338 g/mol. The van der Waals surface area contributed by atoms with Crippen molar-refractivity contribution in [1.29, 1.82) is 0 Å². The molecule has 118 valence electrons. The SMILES string of the molecule is Cl.O=S(=O)(c1ccc(Cl)cc1F)N1CCC2NCCC2C1. The lowest BCUT2D eigenvalue weighted by Gasteiger charge is -2.34. The third kappa shape index (κ3) is 3.19. The summed E-state index contributed by atoms with van der Waals surface area (Å²) < 4.78 is 40.3. The molecule has 2 saturated heterocycles. The number of hydrogen-bond acceptors (Lipinski definition) is 3. The normalized spacial score (nSPS) is 26.2. The van der Waals surface area contributed by atoms with E-state index in [4.69, 9.17) is 11.6 Å². The molecule has 2 heterocycles. The molecule has 2 aliphatic heterocycles. The summed E-state index contributed by atoms with van der Waals surface area (Å²) in [6, 6.07) is 4.09. The molecule has 2 fully saturated rings. The minimum absolute atomic E-state index is 0. The molecule has 1 N–H and O–H groups in total. The predicted octanol–water partition coefficient (Wildman–Crippen LogP) is 2.27. The van der Waals surface area contributed by atoms with Gasteiger partial charge in [-0.1, -0.05) is 11.6 Å². The maximum Gasteiger partial charge on any atom is 0.245 e. The molecule has 2 unspecified atom stereocenters. The summed E-state index contributed by atoms with van der Waals surface area (Å²) in [5.41, 5.74) is 0. The largest absolute Gasteiger partial charge is 0.314 e. The Hall–Kier alpha value is -0.400. The topological polar surface area (TPSA) is 49.4 Å². The first-order valence-electron chi connectivity index (χ1n) is 6.67. The Kier molecular flexibility index (Phi) is 5.15. The minimum atomic E-state index is -3.78. The van der Waals surface area contributed by atoms with E-state index in [1.165, 1.54) is 16.4 Å². The maximum absolute atomic E-state index is 13.9. The Morgan fingerprint density at radius 1 is 1.33 bits per heavy atom. The molecule has 0 spiro atoms. The molecule has 1 aromatic carbocycles. The number of rotatable bonds is 2. The summed E-state index contributed by atoms with van der Waals surface area (Å²) in [5.74, 6) is -0.460. The summed E-state index contributed by atoms with van der Waals surface area (Å²) in [5, 5.41) is 3.57. The zero-order valence-corrected chi connectivity index (χ0v) is 13.6. The molecule has 2 aliphatic rings. The van der Waals surface area contributed by atoms with Gasteiger partial charge in [-0.15, -0.1) is 12.4 Å². The summed E-state index contributed by atoms with van der Waals surface area (Å²) in [7, 11) is -3.78. The summed E-state index contributed by atoms with van der Waals surface area (Å²) in [6.45, 7) is 1.82. The van der Waals surface area contributed by atoms with Crippen LogP contribution >= 0.6 is 24.0 Å². The van der Waals surface area contributed by atoms with Gasteiger partial charge in [-0.3, -0.25) is 0 Å². The van der Waals surface area contributed by atoms with Gasteiger partial charge in [0, 0.05) is 24.2 Å². The first-order valence-corrected chi connectivity index (χ1v) is 8.49. The molecule has 0 aliphatic carbocycles. The summed E-state index contributed by atoms with van der Waals surface area (Å²) >= 11 is 5.67. The van der Waals surface area contributed by atoms with Crippen molar-refractivity contribution < 1.29 is 12.8 Å². The van der Waals surface area contributed by atoms with Crippen LogP contribution in [0.4, 0.5) is 4.39 Å². The van der Waals surface area contributed by atoms with Crippen molar-refractivity contribution in [2.75, 3.05) is 19.6 Å². The second-order valence-corrected chi connectivity index (χ2v) is 7.68. The number of benzene rings is 1. The number of sulfonamides is 1. The van der Waals surface area contributed by atoms with Gasteiger partial charge < -0.3 is 5.32 Å². The van der Waals surface area contributed by atoms with Crippen LogP contribution in [0.2, 0.25) is 5.02 Å². The molecule has 4 nitrogen and oxygen atoms in total. The third-order valence-corrected chi connectivity index (χ3v) is 6.26. The van der Waals surface area contributed by atoms with Crippen LogP contribution in [0.5, 0.6) is 0 Å². The fraction of sp³-hybridized carbons (Fsp3) is 0.538. The van der Waals surface area contributed by atoms with E-state index in [0.717, 1.165) is 25.5 Å². The van der Waals surface area contributed by atoms with E-state index in [1.54, 1.807) is 0 Å². The van der Waals surface area contributed by atoms with E-state index in [2.05, 4.69) is 5.32 Å². The first-order chi connectivity index (χ1) is 9.48. The molecule has 0 saturated carbocycles. The molecule has 1 aromatic rings. The van der Waals surface area contributed by atoms with Gasteiger partial charge in [0.05, 0.1) is 0 Å². The Morgan fingerprint density at radius 2 is 2.10 bits per heavy atom. The van der Waals surface area contributed by atoms with Gasteiger partial charge in [-0.25, -0.2) is 12.8 Å². The van der Waals surface area contributed by atoms with Crippen LogP contribution in [0.1, 0.15) is 12.8 Å². The fourth-order valence-electron chi connectivity index (χ4n) is 3.06. The number of fused-ring (bicyclic) bond motifs is 1. The zero-order chi connectivity index (χ0) is 14.3. The van der Waals surface area contributed by atoms with E-state index in [-0.39, 0.29) is 22.3 Å². The highest BCUT2D eigenvalue weighted by Gasteiger charge is 2.38. The second-order valence-electron chi connectivity index (χ2n) is 5.34. The van der Waals surface area contributed by atoms with Gasteiger partial charge in [0.25, 0.3) is 0 Å². The van der Waals surface area contributed by atoms with E-state index < -0.39 is 15.8 Å². The van der Waals surface area contributed by atoms with Crippen LogP contribution < -0.4 is 5.32 Å². The standard InChI is InChI=1S/C13H16ClFN2O2S.ClH/c14-10-1-2-13(11(15)7-10)20(18,19)17-6-4-12-9(8-17)3-5-16-12;/h1-2,7,9,12,16H,3-6,8H2;1H. The number of hydrogen-bond donors (Lipinski definition) is 1. The third-order valence-electron chi connectivity index (χ3n) is 4.13. The summed E-state index contributed by atoms with van der Waals surface area (Å²) in [4.78, 5) is -0.286. The van der Waals surface area contributed by atoms with Crippen LogP contribution in [-0.4, -0.2) is 38.4 Å². The van der Waals surface area contributed by atoms with Crippen molar-refractivity contribution in [2.45, 2.75) is 23.8 Å². The van der Waals surface area contributed by atoms with E-state index in [0.29, 0.717) is 25.0 Å². The lowest BCUT2D eigenvalue weighted by Crippen LogP contribution is -2.46. The van der Waals surface area contributed by atoms with Crippen molar-refractivity contribution in [2.24, 2.45) is 5.92 Å². The van der Waals surface area contributed by atoms with E-state index >= 15 is 0 Å². The van der Waals surface area contributed by atoms with Crippen molar-refractivity contribution in [3.63, 3.8) is 0 Å². The number of nitrogens with zero attached hydrogens (tertiary/aromatic N) is 1. The van der Waals surface area contributed by atoms with Crippen LogP contribution in [-0.2, 0) is 10.0 Å². The van der Waals surface area contributed by atoms with Crippen molar-refractivity contribution in [3.05, 3.63) is 29.0 Å². The Bertz CT molecular complexity index is 627. The Morgan fingerprint density at radius 3 is 2.81 bits per heavy atom. The highest BCUT2D eigenvalue weighted by atomic mass is 35.5. The summed E-state index contributed by atoms with van der Waals surface area (Å²) in [6.07, 6.45) is 1.75. The molecule has 0 aromatic heterocycles. The molecule has 2 atom stereocenters. The van der Waals surface area contributed by atoms with Crippen LogP contribution in [0.3, 0.4) is 0 Å². The molecular formula is C13H17Cl2FN2O2S. The second kappa shape index (κ2) is 6.38. The lowest BCUT2D eigenvalue weighted by molar-refractivity contribution is 0.246. The van der Waals surface area contributed by atoms with Crippen LogP contribution in [0.25, 0.3) is 0 Å². The van der Waals surface area contributed by atoms with Gasteiger partial charge in [0.2, 0.25) is 10.0 Å². The Balaban J connectivity index is 0.00000161. The monoisotopic (exact) mass is 354 g/mol. The number of halogens is 3. The average molecular weight is 355 g/mol. The van der Waals surface area contributed by atoms with Gasteiger partial charge in [0.15, 0.2) is 0 Å². The maximum atomic E-state index is 13.9. The highest BCUT2D eigenvalue weighted by Crippen LogP contribution is 2.30. The van der Waals surface area contributed by atoms with E-state index in [1.807, 2.05) is 0 Å². The van der Waals surface area contributed by atoms with Crippen LogP contribution in [0.15, 0.2) is 23.1 Å². The smallest absolute Gasteiger partial charge is 0.245 e. The number of nitrogens with one attached hydrogen (secondary N) is 1. The average Bonchev–Trinajstić information content (AvgIpc) is 2.85. The Labute approximate surface area is 135 Å². The van der Waals surface area contributed by atoms with E-state index in [9.17, 15) is 12.8 Å². The number of piperidine rings is 1. The van der Waals surface area contributed by atoms with Gasteiger partial charge >= 0.3 is 0 Å². The molecule has 3 rings (SSSR count). The molecule has 0 amide bonds. The van der Waals surface area contributed by atoms with Gasteiger partial charge in [0.1, 0.15) is 10.7 Å². The quantitative estimate of drug-likeness (QED) is 0.886. The molecule has 21 heavy (non-hydrogen) atoms. The van der Waals surface area contributed by atoms with Crippen molar-refractivity contribution in [1.82, 2.24) is 9.62 Å². The zero-order valence-electron chi connectivity index (χ0n) is 11.3. The van der Waals surface area contributed by atoms with Gasteiger partial charge in [-0.2, -0.15) is 4.31 Å². The highest BCUT2D eigenvalue weighted by molar-refractivity contribution is 7.89. The molecule has 8 heteroatoms. The molecule has 0 bridgehead atoms. The molecule has 0 radical (unpaired) electrons. The minimum Gasteiger partial charge on any atom is -0.314 e.